The number of amides is 1. The van der Waals surface area contributed by atoms with E-state index in [4.69, 9.17) is 4.52 Å². The molecule has 0 spiro atoms. The zero-order valence-corrected chi connectivity index (χ0v) is 17.6. The molecular formula is C22H23N7O2. The van der Waals surface area contributed by atoms with Gasteiger partial charge in [-0.1, -0.05) is 35.5 Å². The minimum atomic E-state index is -0.297. The zero-order valence-electron chi connectivity index (χ0n) is 17.6. The smallest absolute Gasteiger partial charge is 0.273 e. The first-order valence-corrected chi connectivity index (χ1v) is 9.94. The Balaban J connectivity index is 1.27. The third-order valence-electron chi connectivity index (χ3n) is 5.04. The molecule has 0 saturated carbocycles. The Hall–Kier alpha value is -4.01. The Bertz CT molecular complexity index is 1180. The van der Waals surface area contributed by atoms with E-state index in [0.717, 1.165) is 22.5 Å². The summed E-state index contributed by atoms with van der Waals surface area (Å²) in [6, 6.07) is 14.8. The van der Waals surface area contributed by atoms with Gasteiger partial charge in [0.05, 0.1) is 5.69 Å². The van der Waals surface area contributed by atoms with Crippen LogP contribution in [0.4, 0.5) is 5.82 Å². The molecule has 158 valence electrons. The average Bonchev–Trinajstić information content (AvgIpc) is 3.39. The van der Waals surface area contributed by atoms with E-state index < -0.39 is 0 Å². The quantitative estimate of drug-likeness (QED) is 0.445. The highest BCUT2D eigenvalue weighted by molar-refractivity contribution is 5.93. The molecule has 1 amide bonds. The Kier molecular flexibility index (Phi) is 5.74. The molecular weight excluding hydrogens is 394 g/mol. The van der Waals surface area contributed by atoms with Crippen LogP contribution in [0.2, 0.25) is 0 Å². The van der Waals surface area contributed by atoms with Gasteiger partial charge in [0, 0.05) is 30.4 Å². The maximum Gasteiger partial charge on any atom is 0.273 e. The summed E-state index contributed by atoms with van der Waals surface area (Å²) in [6.07, 6.45) is 0. The van der Waals surface area contributed by atoms with Gasteiger partial charge in [-0.3, -0.25) is 4.79 Å². The number of nitrogens with zero attached hydrogens (tertiary/aromatic N) is 5. The van der Waals surface area contributed by atoms with Crippen LogP contribution in [-0.2, 0) is 0 Å². The Morgan fingerprint density at radius 3 is 2.52 bits per heavy atom. The molecule has 0 bridgehead atoms. The van der Waals surface area contributed by atoms with Gasteiger partial charge in [0.15, 0.2) is 17.3 Å². The van der Waals surface area contributed by atoms with Gasteiger partial charge < -0.3 is 15.2 Å². The highest BCUT2D eigenvalue weighted by Crippen LogP contribution is 2.19. The second kappa shape index (κ2) is 8.78. The van der Waals surface area contributed by atoms with Gasteiger partial charge in [0.1, 0.15) is 5.82 Å². The van der Waals surface area contributed by atoms with Crippen LogP contribution in [0.3, 0.4) is 0 Å². The normalized spacial score (nSPS) is 10.8. The lowest BCUT2D eigenvalue weighted by Gasteiger charge is -2.07. The van der Waals surface area contributed by atoms with Crippen LogP contribution < -0.4 is 10.6 Å². The molecule has 3 heterocycles. The van der Waals surface area contributed by atoms with Gasteiger partial charge in [-0.05, 0) is 38.5 Å². The fourth-order valence-electron chi connectivity index (χ4n) is 3.05. The summed E-state index contributed by atoms with van der Waals surface area (Å²) in [6.45, 7) is 6.89. The van der Waals surface area contributed by atoms with Crippen molar-refractivity contribution in [3.8, 4) is 17.1 Å². The number of anilines is 1. The van der Waals surface area contributed by atoms with Gasteiger partial charge in [-0.15, -0.1) is 10.2 Å². The van der Waals surface area contributed by atoms with Crippen molar-refractivity contribution >= 4 is 11.7 Å². The Morgan fingerprint density at radius 2 is 1.84 bits per heavy atom. The van der Waals surface area contributed by atoms with Crippen LogP contribution in [-0.4, -0.2) is 44.1 Å². The van der Waals surface area contributed by atoms with Crippen molar-refractivity contribution in [2.45, 2.75) is 20.8 Å². The van der Waals surface area contributed by atoms with E-state index in [9.17, 15) is 4.79 Å². The van der Waals surface area contributed by atoms with E-state index in [1.54, 1.807) is 10.7 Å². The summed E-state index contributed by atoms with van der Waals surface area (Å²) in [7, 11) is 0. The van der Waals surface area contributed by atoms with E-state index in [2.05, 4.69) is 31.1 Å². The van der Waals surface area contributed by atoms with Gasteiger partial charge in [0.25, 0.3) is 5.91 Å². The lowest BCUT2D eigenvalue weighted by molar-refractivity contribution is 0.0946. The van der Waals surface area contributed by atoms with E-state index in [1.807, 2.05) is 63.2 Å². The summed E-state index contributed by atoms with van der Waals surface area (Å²) in [5.74, 6) is 1.53. The van der Waals surface area contributed by atoms with Crippen molar-refractivity contribution in [2.75, 3.05) is 18.4 Å². The number of carbonyl (C=O) groups excluding carboxylic acids is 1. The number of rotatable bonds is 7. The fourth-order valence-corrected chi connectivity index (χ4v) is 3.05. The molecule has 4 rings (SSSR count). The molecule has 2 N–H and O–H groups in total. The van der Waals surface area contributed by atoms with Crippen molar-refractivity contribution < 1.29 is 9.32 Å². The highest BCUT2D eigenvalue weighted by Gasteiger charge is 2.13. The second-order valence-electron chi connectivity index (χ2n) is 7.11. The summed E-state index contributed by atoms with van der Waals surface area (Å²) >= 11 is 0. The number of hydrogen-bond donors (Lipinski definition) is 2. The van der Waals surface area contributed by atoms with Crippen LogP contribution in [0.1, 0.15) is 27.4 Å². The van der Waals surface area contributed by atoms with E-state index in [-0.39, 0.29) is 11.6 Å². The minimum Gasteiger partial charge on any atom is -0.367 e. The van der Waals surface area contributed by atoms with Crippen LogP contribution in [0.15, 0.2) is 53.1 Å². The molecule has 3 aromatic heterocycles. The molecule has 0 saturated heterocycles. The topological polar surface area (TPSA) is 111 Å². The second-order valence-corrected chi connectivity index (χ2v) is 7.11. The molecule has 0 radical (unpaired) electrons. The molecule has 9 nitrogen and oxygen atoms in total. The third-order valence-corrected chi connectivity index (χ3v) is 5.04. The number of nitrogens with one attached hydrogen (secondary N) is 2. The maximum atomic E-state index is 12.3. The molecule has 1 aromatic carbocycles. The molecule has 0 aliphatic rings. The zero-order chi connectivity index (χ0) is 21.8. The highest BCUT2D eigenvalue weighted by atomic mass is 16.5. The van der Waals surface area contributed by atoms with Crippen molar-refractivity contribution in [2.24, 2.45) is 0 Å². The van der Waals surface area contributed by atoms with Crippen molar-refractivity contribution in [1.82, 2.24) is 30.5 Å². The Morgan fingerprint density at radius 1 is 1.03 bits per heavy atom. The van der Waals surface area contributed by atoms with E-state index in [1.165, 1.54) is 0 Å². The summed E-state index contributed by atoms with van der Waals surface area (Å²) in [4.78, 5) is 12.3. The lowest BCUT2D eigenvalue weighted by Crippen LogP contribution is -2.29. The Labute approximate surface area is 179 Å². The number of carbonyl (C=O) groups is 1. The third kappa shape index (κ3) is 4.45. The molecule has 0 aliphatic carbocycles. The molecule has 0 aliphatic heterocycles. The molecule has 0 fully saturated rings. The summed E-state index contributed by atoms with van der Waals surface area (Å²) < 4.78 is 7.04. The average molecular weight is 417 g/mol. The van der Waals surface area contributed by atoms with Crippen molar-refractivity contribution in [3.63, 3.8) is 0 Å². The molecule has 0 atom stereocenters. The number of benzene rings is 1. The first-order chi connectivity index (χ1) is 15.0. The van der Waals surface area contributed by atoms with E-state index >= 15 is 0 Å². The maximum absolute atomic E-state index is 12.3. The number of aryl methyl sites for hydroxylation is 1. The monoisotopic (exact) mass is 417 g/mol. The van der Waals surface area contributed by atoms with E-state index in [0.29, 0.717) is 30.5 Å². The number of aromatic nitrogens is 5. The minimum absolute atomic E-state index is 0.239. The van der Waals surface area contributed by atoms with Crippen LogP contribution in [0, 0.1) is 20.8 Å². The number of hydrogen-bond acceptors (Lipinski definition) is 7. The van der Waals surface area contributed by atoms with Gasteiger partial charge in [-0.2, -0.15) is 5.10 Å². The van der Waals surface area contributed by atoms with Gasteiger partial charge in [0.2, 0.25) is 0 Å². The predicted octanol–water partition coefficient (Wildman–Crippen LogP) is 3.08. The molecule has 0 unspecified atom stereocenters. The van der Waals surface area contributed by atoms with Crippen LogP contribution in [0.25, 0.3) is 17.1 Å². The summed E-state index contributed by atoms with van der Waals surface area (Å²) in [5, 5.41) is 22.7. The standard InChI is InChI=1S/C22H23N7O2/c1-14-15(2)27-29(16(14)3)21-10-9-20(25-26-21)23-11-12-24-22(30)18-13-19(31-28-18)17-7-5-4-6-8-17/h4-10,13H,11-12H2,1-3H3,(H,23,25)(H,24,30). The fraction of sp³-hybridized carbons (Fsp3) is 0.227. The van der Waals surface area contributed by atoms with Gasteiger partial charge in [-0.25, -0.2) is 4.68 Å². The van der Waals surface area contributed by atoms with Crippen molar-refractivity contribution in [1.29, 1.82) is 0 Å². The van der Waals surface area contributed by atoms with Gasteiger partial charge >= 0.3 is 0 Å². The van der Waals surface area contributed by atoms with Crippen LogP contribution >= 0.6 is 0 Å². The lowest BCUT2D eigenvalue weighted by atomic mass is 10.1. The largest absolute Gasteiger partial charge is 0.367 e. The first-order valence-electron chi connectivity index (χ1n) is 9.94. The van der Waals surface area contributed by atoms with Crippen LogP contribution in [0.5, 0.6) is 0 Å². The molecule has 9 heteroatoms. The SMILES string of the molecule is Cc1nn(-c2ccc(NCCNC(=O)c3cc(-c4ccccc4)on3)nn2)c(C)c1C. The summed E-state index contributed by atoms with van der Waals surface area (Å²) in [5.41, 5.74) is 4.26. The predicted molar refractivity (Wildman–Crippen MR) is 116 cm³/mol. The van der Waals surface area contributed by atoms with Crippen molar-refractivity contribution in [3.05, 3.63) is 71.2 Å². The molecule has 4 aromatic rings. The first kappa shape index (κ1) is 20.3. The molecule has 31 heavy (non-hydrogen) atoms.